The van der Waals surface area contributed by atoms with Gasteiger partial charge < -0.3 is 5.11 Å². The van der Waals surface area contributed by atoms with Gasteiger partial charge in [0.15, 0.2) is 5.60 Å². The molecule has 1 aromatic carbocycles. The highest BCUT2D eigenvalue weighted by atomic mass is 16.3. The van der Waals surface area contributed by atoms with E-state index in [9.17, 15) is 5.11 Å². The van der Waals surface area contributed by atoms with Gasteiger partial charge in [-0.2, -0.15) is 5.26 Å². The lowest BCUT2D eigenvalue weighted by atomic mass is 10.1. The zero-order valence-corrected chi connectivity index (χ0v) is 8.56. The van der Waals surface area contributed by atoms with Gasteiger partial charge in [-0.15, -0.1) is 0 Å². The highest BCUT2D eigenvalue weighted by molar-refractivity contribution is 5.16. The van der Waals surface area contributed by atoms with E-state index in [1.807, 2.05) is 24.3 Å². The number of nitrogens with zero attached hydrogens (tertiary/aromatic N) is 2. The van der Waals surface area contributed by atoms with Crippen LogP contribution in [0.25, 0.3) is 0 Å². The zero-order valence-electron chi connectivity index (χ0n) is 8.56. The molecule has 1 unspecified atom stereocenters. The summed E-state index contributed by atoms with van der Waals surface area (Å²) in [5, 5.41) is 18.5. The summed E-state index contributed by atoms with van der Waals surface area (Å²) in [5.74, 6) is 0. The molecule has 0 bridgehead atoms. The van der Waals surface area contributed by atoms with Crippen LogP contribution in [0, 0.1) is 11.3 Å². The Hall–Kier alpha value is -1.37. The van der Waals surface area contributed by atoms with Crippen LogP contribution < -0.4 is 0 Å². The Morgan fingerprint density at radius 3 is 2.73 bits per heavy atom. The van der Waals surface area contributed by atoms with E-state index in [1.54, 1.807) is 0 Å². The first-order chi connectivity index (χ1) is 7.22. The molecule has 1 saturated heterocycles. The molecule has 0 spiro atoms. The third-order valence-electron chi connectivity index (χ3n) is 2.78. The van der Waals surface area contributed by atoms with Crippen molar-refractivity contribution in [1.29, 1.82) is 5.26 Å². The number of hydrogen-bond donors (Lipinski definition) is 1. The zero-order chi connectivity index (χ0) is 10.7. The quantitative estimate of drug-likeness (QED) is 0.732. The standard InChI is InChI=1S/C12H14N2O/c13-9-12(15)6-7-14(10-12)8-11-4-2-1-3-5-11/h1-5,15H,6-8,10H2. The number of likely N-dealkylation sites (tertiary alicyclic amines) is 1. The van der Waals surface area contributed by atoms with Crippen LogP contribution in [0.2, 0.25) is 0 Å². The second-order valence-electron chi connectivity index (χ2n) is 4.09. The molecule has 78 valence electrons. The summed E-state index contributed by atoms with van der Waals surface area (Å²) in [6, 6.07) is 12.1. The van der Waals surface area contributed by atoms with E-state index in [0.717, 1.165) is 13.1 Å². The lowest BCUT2D eigenvalue weighted by Crippen LogP contribution is -2.31. The van der Waals surface area contributed by atoms with E-state index in [1.165, 1.54) is 5.56 Å². The van der Waals surface area contributed by atoms with Crippen molar-refractivity contribution in [2.45, 2.75) is 18.6 Å². The highest BCUT2D eigenvalue weighted by Gasteiger charge is 2.35. The molecule has 1 heterocycles. The smallest absolute Gasteiger partial charge is 0.164 e. The summed E-state index contributed by atoms with van der Waals surface area (Å²) in [5.41, 5.74) is 0.0918. The molecule has 15 heavy (non-hydrogen) atoms. The van der Waals surface area contributed by atoms with Crippen LogP contribution in [-0.2, 0) is 6.54 Å². The van der Waals surface area contributed by atoms with Gasteiger partial charge in [0.1, 0.15) is 0 Å². The Morgan fingerprint density at radius 2 is 2.13 bits per heavy atom. The van der Waals surface area contributed by atoms with Gasteiger partial charge >= 0.3 is 0 Å². The van der Waals surface area contributed by atoms with Crippen molar-refractivity contribution in [1.82, 2.24) is 4.90 Å². The van der Waals surface area contributed by atoms with Crippen LogP contribution in [0.3, 0.4) is 0 Å². The van der Waals surface area contributed by atoms with E-state index in [4.69, 9.17) is 5.26 Å². The van der Waals surface area contributed by atoms with Crippen LogP contribution in [0.15, 0.2) is 30.3 Å². The van der Waals surface area contributed by atoms with Crippen LogP contribution in [0.4, 0.5) is 0 Å². The molecular weight excluding hydrogens is 188 g/mol. The first-order valence-corrected chi connectivity index (χ1v) is 5.12. The van der Waals surface area contributed by atoms with Crippen LogP contribution in [0.1, 0.15) is 12.0 Å². The summed E-state index contributed by atoms with van der Waals surface area (Å²) < 4.78 is 0. The van der Waals surface area contributed by atoms with Gasteiger partial charge in [-0.1, -0.05) is 30.3 Å². The van der Waals surface area contributed by atoms with Gasteiger partial charge in [-0.25, -0.2) is 0 Å². The number of benzene rings is 1. The third kappa shape index (κ3) is 2.35. The molecule has 3 heteroatoms. The molecule has 2 rings (SSSR count). The Balaban J connectivity index is 1.97. The second-order valence-corrected chi connectivity index (χ2v) is 4.09. The lowest BCUT2D eigenvalue weighted by molar-refractivity contribution is 0.105. The Kier molecular flexibility index (Phi) is 2.72. The van der Waals surface area contributed by atoms with Gasteiger partial charge in [0.05, 0.1) is 6.07 Å². The molecule has 0 radical (unpaired) electrons. The first kappa shape index (κ1) is 10.2. The molecule has 0 aliphatic carbocycles. The average molecular weight is 202 g/mol. The topological polar surface area (TPSA) is 47.3 Å². The molecule has 1 aliphatic heterocycles. The van der Waals surface area contributed by atoms with E-state index in [0.29, 0.717) is 13.0 Å². The maximum atomic E-state index is 9.75. The van der Waals surface area contributed by atoms with Crippen molar-refractivity contribution < 1.29 is 5.11 Å². The summed E-state index contributed by atoms with van der Waals surface area (Å²) in [4.78, 5) is 2.11. The summed E-state index contributed by atoms with van der Waals surface area (Å²) in [6.45, 7) is 2.06. The van der Waals surface area contributed by atoms with Crippen LogP contribution in [-0.4, -0.2) is 28.7 Å². The van der Waals surface area contributed by atoms with Crippen molar-refractivity contribution in [3.63, 3.8) is 0 Å². The molecule has 1 N–H and O–H groups in total. The Labute approximate surface area is 89.6 Å². The molecule has 1 aromatic rings. The molecule has 1 aliphatic rings. The molecule has 0 amide bonds. The fraction of sp³-hybridized carbons (Fsp3) is 0.417. The molecule has 0 aromatic heterocycles. The highest BCUT2D eigenvalue weighted by Crippen LogP contribution is 2.21. The molecular formula is C12H14N2O. The van der Waals surface area contributed by atoms with Crippen molar-refractivity contribution >= 4 is 0 Å². The van der Waals surface area contributed by atoms with E-state index in [2.05, 4.69) is 17.0 Å². The van der Waals surface area contributed by atoms with Crippen molar-refractivity contribution in [3.05, 3.63) is 35.9 Å². The largest absolute Gasteiger partial charge is 0.374 e. The van der Waals surface area contributed by atoms with Crippen LogP contribution >= 0.6 is 0 Å². The molecule has 1 fully saturated rings. The molecule has 3 nitrogen and oxygen atoms in total. The fourth-order valence-electron chi connectivity index (χ4n) is 1.94. The minimum absolute atomic E-state index is 0.457. The monoisotopic (exact) mass is 202 g/mol. The Morgan fingerprint density at radius 1 is 1.40 bits per heavy atom. The fourth-order valence-corrected chi connectivity index (χ4v) is 1.94. The normalized spacial score (nSPS) is 26.4. The Bertz CT molecular complexity index is 371. The SMILES string of the molecule is N#CC1(O)CCN(Cc2ccccc2)C1. The van der Waals surface area contributed by atoms with Crippen molar-refractivity contribution in [2.24, 2.45) is 0 Å². The number of aliphatic hydroxyl groups is 1. The first-order valence-electron chi connectivity index (χ1n) is 5.12. The predicted molar refractivity (Wildman–Crippen MR) is 56.9 cm³/mol. The van der Waals surface area contributed by atoms with Gasteiger partial charge in [-0.3, -0.25) is 4.90 Å². The van der Waals surface area contributed by atoms with E-state index >= 15 is 0 Å². The summed E-state index contributed by atoms with van der Waals surface area (Å²) >= 11 is 0. The maximum Gasteiger partial charge on any atom is 0.164 e. The van der Waals surface area contributed by atoms with Crippen LogP contribution in [0.5, 0.6) is 0 Å². The minimum Gasteiger partial charge on any atom is -0.374 e. The van der Waals surface area contributed by atoms with Crippen molar-refractivity contribution in [3.8, 4) is 6.07 Å². The van der Waals surface area contributed by atoms with Gasteiger partial charge in [0.2, 0.25) is 0 Å². The maximum absolute atomic E-state index is 9.75. The van der Waals surface area contributed by atoms with E-state index in [-0.39, 0.29) is 0 Å². The summed E-state index contributed by atoms with van der Waals surface area (Å²) in [6.07, 6.45) is 0.552. The summed E-state index contributed by atoms with van der Waals surface area (Å²) in [7, 11) is 0. The molecule has 1 atom stereocenters. The number of hydrogen-bond acceptors (Lipinski definition) is 3. The second kappa shape index (κ2) is 4.01. The minimum atomic E-state index is -1.13. The lowest BCUT2D eigenvalue weighted by Gasteiger charge is -2.16. The number of β-amino-alcohol motifs (C(OH)–C–C–N with tert-alkyl or cyclic N) is 1. The van der Waals surface area contributed by atoms with Gasteiger partial charge in [-0.05, 0) is 5.56 Å². The predicted octanol–water partition coefficient (Wildman–Crippen LogP) is 1.15. The third-order valence-corrected chi connectivity index (χ3v) is 2.78. The van der Waals surface area contributed by atoms with Gasteiger partial charge in [0, 0.05) is 26.1 Å². The molecule has 0 saturated carbocycles. The average Bonchev–Trinajstić information content (AvgIpc) is 2.63. The number of nitriles is 1. The number of rotatable bonds is 2. The van der Waals surface area contributed by atoms with Crippen molar-refractivity contribution in [2.75, 3.05) is 13.1 Å². The van der Waals surface area contributed by atoms with E-state index < -0.39 is 5.60 Å². The van der Waals surface area contributed by atoms with Gasteiger partial charge in [0.25, 0.3) is 0 Å².